The second kappa shape index (κ2) is 6.54. The average molecular weight is 369 g/mol. The van der Waals surface area contributed by atoms with Crippen LogP contribution >= 0.6 is 0 Å². The number of aromatic amines is 1. The van der Waals surface area contributed by atoms with Crippen molar-refractivity contribution in [1.29, 1.82) is 5.26 Å². The number of nitrogens with zero attached hydrogens (tertiary/aromatic N) is 4. The SMILES string of the molecule is N#Cc1ccc(N2CCC[C@@H](n3cnc4ccccc4c3=O)C2)c2cc[nH]c12. The van der Waals surface area contributed by atoms with Crippen LogP contribution in [0, 0.1) is 11.3 Å². The standard InChI is InChI=1S/C22H19N5O/c23-12-15-7-8-20(18-9-10-24-21(15)18)26-11-3-4-16(13-26)27-14-25-19-6-2-1-5-17(19)22(27)28/h1-2,5-10,14,16,24H,3-4,11,13H2/t16-/m1/s1. The summed E-state index contributed by atoms with van der Waals surface area (Å²) in [4.78, 5) is 23.0. The predicted molar refractivity (Wildman–Crippen MR) is 110 cm³/mol. The summed E-state index contributed by atoms with van der Waals surface area (Å²) in [5.74, 6) is 0. The Morgan fingerprint density at radius 3 is 2.93 bits per heavy atom. The van der Waals surface area contributed by atoms with E-state index in [4.69, 9.17) is 0 Å². The topological polar surface area (TPSA) is 77.7 Å². The molecule has 6 nitrogen and oxygen atoms in total. The van der Waals surface area contributed by atoms with Gasteiger partial charge in [0.1, 0.15) is 6.07 Å². The van der Waals surface area contributed by atoms with Crippen molar-refractivity contribution in [3.8, 4) is 6.07 Å². The van der Waals surface area contributed by atoms with Crippen molar-refractivity contribution >= 4 is 27.5 Å². The summed E-state index contributed by atoms with van der Waals surface area (Å²) in [5.41, 5.74) is 3.36. The molecule has 0 spiro atoms. The van der Waals surface area contributed by atoms with Crippen molar-refractivity contribution in [3.05, 3.63) is 70.9 Å². The largest absolute Gasteiger partial charge is 0.369 e. The average Bonchev–Trinajstić information content (AvgIpc) is 3.24. The highest BCUT2D eigenvalue weighted by Crippen LogP contribution is 2.32. The Bertz CT molecular complexity index is 1280. The zero-order valence-corrected chi connectivity index (χ0v) is 15.3. The summed E-state index contributed by atoms with van der Waals surface area (Å²) < 4.78 is 1.78. The highest BCUT2D eigenvalue weighted by Gasteiger charge is 2.24. The van der Waals surface area contributed by atoms with Crippen LogP contribution in [0.3, 0.4) is 0 Å². The lowest BCUT2D eigenvalue weighted by Gasteiger charge is -2.35. The van der Waals surface area contributed by atoms with Crippen LogP contribution in [0.5, 0.6) is 0 Å². The highest BCUT2D eigenvalue weighted by atomic mass is 16.1. The Balaban J connectivity index is 1.53. The van der Waals surface area contributed by atoms with E-state index in [0.29, 0.717) is 10.9 Å². The van der Waals surface area contributed by atoms with Gasteiger partial charge in [-0.3, -0.25) is 9.36 Å². The fourth-order valence-corrected chi connectivity index (χ4v) is 4.25. The zero-order valence-electron chi connectivity index (χ0n) is 15.3. The van der Waals surface area contributed by atoms with Crippen LogP contribution in [-0.2, 0) is 0 Å². The first-order chi connectivity index (χ1) is 13.8. The lowest BCUT2D eigenvalue weighted by molar-refractivity contribution is 0.395. The number of benzene rings is 2. The fraction of sp³-hybridized carbons (Fsp3) is 0.227. The number of piperidine rings is 1. The van der Waals surface area contributed by atoms with Gasteiger partial charge in [0.2, 0.25) is 0 Å². The van der Waals surface area contributed by atoms with Crippen LogP contribution in [0.2, 0.25) is 0 Å². The molecule has 0 bridgehead atoms. The van der Waals surface area contributed by atoms with Crippen molar-refractivity contribution in [2.45, 2.75) is 18.9 Å². The third kappa shape index (κ3) is 2.55. The number of nitriles is 1. The van der Waals surface area contributed by atoms with Crippen molar-refractivity contribution in [1.82, 2.24) is 14.5 Å². The van der Waals surface area contributed by atoms with Crippen molar-refractivity contribution in [2.24, 2.45) is 0 Å². The van der Waals surface area contributed by atoms with Gasteiger partial charge in [0.05, 0.1) is 34.4 Å². The molecule has 0 radical (unpaired) electrons. The van der Waals surface area contributed by atoms with Crippen LogP contribution in [0.1, 0.15) is 24.4 Å². The number of aromatic nitrogens is 3. The van der Waals surface area contributed by atoms with E-state index < -0.39 is 0 Å². The molecule has 5 rings (SSSR count). The first-order valence-electron chi connectivity index (χ1n) is 9.47. The molecule has 3 heterocycles. The maximum Gasteiger partial charge on any atom is 0.261 e. The Morgan fingerprint density at radius 1 is 1.14 bits per heavy atom. The maximum atomic E-state index is 13.0. The zero-order chi connectivity index (χ0) is 19.1. The summed E-state index contributed by atoms with van der Waals surface area (Å²) in [6, 6.07) is 15.7. The van der Waals surface area contributed by atoms with Gasteiger partial charge in [-0.2, -0.15) is 5.26 Å². The van der Waals surface area contributed by atoms with Crippen molar-refractivity contribution in [2.75, 3.05) is 18.0 Å². The summed E-state index contributed by atoms with van der Waals surface area (Å²) in [6.45, 7) is 1.67. The molecule has 0 aliphatic carbocycles. The van der Waals surface area contributed by atoms with Crippen LogP contribution in [0.15, 0.2) is 59.8 Å². The number of hydrogen-bond acceptors (Lipinski definition) is 4. The molecule has 28 heavy (non-hydrogen) atoms. The Morgan fingerprint density at radius 2 is 2.04 bits per heavy atom. The third-order valence-corrected chi connectivity index (χ3v) is 5.64. The van der Waals surface area contributed by atoms with E-state index in [9.17, 15) is 10.1 Å². The van der Waals surface area contributed by atoms with Gasteiger partial charge >= 0.3 is 0 Å². The van der Waals surface area contributed by atoms with E-state index in [2.05, 4.69) is 20.9 Å². The van der Waals surface area contributed by atoms with Gasteiger partial charge in [0.15, 0.2) is 0 Å². The van der Waals surface area contributed by atoms with Gasteiger partial charge in [0, 0.05) is 30.4 Å². The van der Waals surface area contributed by atoms with E-state index in [-0.39, 0.29) is 11.6 Å². The molecule has 1 fully saturated rings. The molecule has 1 atom stereocenters. The number of para-hydroxylation sites is 1. The number of nitrogens with one attached hydrogen (secondary N) is 1. The molecule has 1 saturated heterocycles. The van der Waals surface area contributed by atoms with Crippen molar-refractivity contribution < 1.29 is 0 Å². The van der Waals surface area contributed by atoms with E-state index in [1.54, 1.807) is 10.9 Å². The van der Waals surface area contributed by atoms with Crippen LogP contribution in [-0.4, -0.2) is 27.6 Å². The van der Waals surface area contributed by atoms with Gasteiger partial charge in [-0.15, -0.1) is 0 Å². The van der Waals surface area contributed by atoms with Crippen LogP contribution < -0.4 is 10.5 Å². The lowest BCUT2D eigenvalue weighted by atomic mass is 10.0. The molecule has 0 unspecified atom stereocenters. The Hall–Kier alpha value is -3.59. The van der Waals surface area contributed by atoms with Crippen LogP contribution in [0.4, 0.5) is 5.69 Å². The Labute approximate surface area is 161 Å². The molecular formula is C22H19N5O. The number of hydrogen-bond donors (Lipinski definition) is 1. The molecule has 1 aliphatic heterocycles. The van der Waals surface area contributed by atoms with Gasteiger partial charge in [-0.25, -0.2) is 4.98 Å². The number of anilines is 1. The summed E-state index contributed by atoms with van der Waals surface area (Å²) >= 11 is 0. The van der Waals surface area contributed by atoms with Gasteiger partial charge in [0.25, 0.3) is 5.56 Å². The molecular weight excluding hydrogens is 350 g/mol. The van der Waals surface area contributed by atoms with E-state index in [1.807, 2.05) is 48.7 Å². The first-order valence-corrected chi connectivity index (χ1v) is 9.47. The predicted octanol–water partition coefficient (Wildman–Crippen LogP) is 3.59. The second-order valence-electron chi connectivity index (χ2n) is 7.23. The van der Waals surface area contributed by atoms with Gasteiger partial charge < -0.3 is 9.88 Å². The maximum absolute atomic E-state index is 13.0. The number of rotatable bonds is 2. The van der Waals surface area contributed by atoms with E-state index in [1.165, 1.54) is 0 Å². The highest BCUT2D eigenvalue weighted by molar-refractivity contribution is 5.96. The molecule has 138 valence electrons. The molecule has 1 aliphatic rings. The minimum absolute atomic E-state index is 0.0177. The van der Waals surface area contributed by atoms with Gasteiger partial charge in [-0.1, -0.05) is 12.1 Å². The monoisotopic (exact) mass is 369 g/mol. The molecule has 0 saturated carbocycles. The fourth-order valence-electron chi connectivity index (χ4n) is 4.25. The second-order valence-corrected chi connectivity index (χ2v) is 7.23. The third-order valence-electron chi connectivity index (χ3n) is 5.64. The molecule has 2 aromatic carbocycles. The quantitative estimate of drug-likeness (QED) is 0.586. The first kappa shape index (κ1) is 16.6. The molecule has 4 aromatic rings. The minimum atomic E-state index is 0.0177. The molecule has 1 N–H and O–H groups in total. The molecule has 6 heteroatoms. The lowest BCUT2D eigenvalue weighted by Crippen LogP contribution is -2.40. The molecule has 2 aromatic heterocycles. The number of H-pyrrole nitrogens is 1. The smallest absolute Gasteiger partial charge is 0.261 e. The van der Waals surface area contributed by atoms with Crippen LogP contribution in [0.25, 0.3) is 21.8 Å². The van der Waals surface area contributed by atoms with Gasteiger partial charge in [-0.05, 0) is 43.2 Å². The summed E-state index contributed by atoms with van der Waals surface area (Å²) in [7, 11) is 0. The summed E-state index contributed by atoms with van der Waals surface area (Å²) in [6.07, 6.45) is 5.50. The van der Waals surface area contributed by atoms with E-state index >= 15 is 0 Å². The Kier molecular flexibility index (Phi) is 3.87. The van der Waals surface area contributed by atoms with Crippen molar-refractivity contribution in [3.63, 3.8) is 0 Å². The number of fused-ring (bicyclic) bond motifs is 2. The van der Waals surface area contributed by atoms with E-state index in [0.717, 1.165) is 48.0 Å². The normalized spacial score (nSPS) is 17.1. The minimum Gasteiger partial charge on any atom is -0.369 e. The summed E-state index contributed by atoms with van der Waals surface area (Å²) in [5, 5.41) is 11.0. The molecule has 0 amide bonds.